The van der Waals surface area contributed by atoms with Crippen molar-refractivity contribution in [2.24, 2.45) is 5.92 Å². The lowest BCUT2D eigenvalue weighted by Crippen LogP contribution is -2.34. The fraction of sp³-hybridized carbons (Fsp3) is 0.368. The number of rotatable bonds is 4. The Bertz CT molecular complexity index is 1010. The summed E-state index contributed by atoms with van der Waals surface area (Å²) in [5.41, 5.74) is 0.542. The summed E-state index contributed by atoms with van der Waals surface area (Å²) in [5.74, 6) is 0.168. The molecular formula is C19H21N5O2S. The number of nitrogens with one attached hydrogen (secondary N) is 1. The zero-order valence-electron chi connectivity index (χ0n) is 15.1. The summed E-state index contributed by atoms with van der Waals surface area (Å²) >= 11 is 1.39. The van der Waals surface area contributed by atoms with Gasteiger partial charge in [0.25, 0.3) is 11.5 Å². The van der Waals surface area contributed by atoms with Crippen molar-refractivity contribution in [3.63, 3.8) is 0 Å². The van der Waals surface area contributed by atoms with E-state index >= 15 is 0 Å². The molecule has 0 aliphatic carbocycles. The maximum absolute atomic E-state index is 12.7. The van der Waals surface area contributed by atoms with Crippen LogP contribution in [-0.2, 0) is 6.54 Å². The van der Waals surface area contributed by atoms with Crippen molar-refractivity contribution in [1.82, 2.24) is 19.9 Å². The number of aromatic nitrogens is 3. The molecule has 0 saturated carbocycles. The molecule has 1 amide bonds. The smallest absolute Gasteiger partial charge is 0.288 e. The highest BCUT2D eigenvalue weighted by atomic mass is 32.1. The zero-order valence-corrected chi connectivity index (χ0v) is 15.9. The van der Waals surface area contributed by atoms with Crippen LogP contribution in [0.1, 0.15) is 35.7 Å². The molecule has 0 bridgehead atoms. The quantitative estimate of drug-likeness (QED) is 0.748. The maximum Gasteiger partial charge on any atom is 0.288 e. The van der Waals surface area contributed by atoms with Crippen molar-refractivity contribution in [2.75, 3.05) is 18.0 Å². The molecule has 27 heavy (non-hydrogen) atoms. The maximum atomic E-state index is 12.7. The van der Waals surface area contributed by atoms with E-state index in [1.807, 2.05) is 30.3 Å². The Balaban J connectivity index is 1.56. The number of piperidine rings is 1. The third-order valence-corrected chi connectivity index (χ3v) is 5.73. The van der Waals surface area contributed by atoms with Crippen LogP contribution in [-0.4, -0.2) is 33.6 Å². The molecule has 4 rings (SSSR count). The van der Waals surface area contributed by atoms with E-state index < -0.39 is 11.5 Å². The van der Waals surface area contributed by atoms with Gasteiger partial charge in [0.1, 0.15) is 5.56 Å². The highest BCUT2D eigenvalue weighted by Crippen LogP contribution is 2.26. The average Bonchev–Trinajstić information content (AvgIpc) is 3.13. The lowest BCUT2D eigenvalue weighted by atomic mass is 10.0. The van der Waals surface area contributed by atoms with E-state index in [9.17, 15) is 9.59 Å². The van der Waals surface area contributed by atoms with Crippen molar-refractivity contribution < 1.29 is 4.79 Å². The van der Waals surface area contributed by atoms with Crippen molar-refractivity contribution >= 4 is 27.3 Å². The Labute approximate surface area is 160 Å². The van der Waals surface area contributed by atoms with Crippen LogP contribution in [0.2, 0.25) is 0 Å². The summed E-state index contributed by atoms with van der Waals surface area (Å²) < 4.78 is 1.25. The molecule has 3 aromatic rings. The first-order valence-corrected chi connectivity index (χ1v) is 9.89. The Kier molecular flexibility index (Phi) is 4.89. The number of amides is 1. The topological polar surface area (TPSA) is 79.6 Å². The molecule has 1 aromatic carbocycles. The SMILES string of the molecule is C[C@H]1CCCN(c2nn3c(=O)c(C(=O)NCc4ccccc4)cnc3s2)C1. The molecule has 1 saturated heterocycles. The molecule has 1 N–H and O–H groups in total. The minimum Gasteiger partial charge on any atom is -0.348 e. The van der Waals surface area contributed by atoms with Gasteiger partial charge in [0.15, 0.2) is 0 Å². The molecule has 1 atom stereocenters. The molecule has 0 spiro atoms. The predicted octanol–water partition coefficient (Wildman–Crippen LogP) is 2.32. The first-order valence-electron chi connectivity index (χ1n) is 9.08. The van der Waals surface area contributed by atoms with Gasteiger partial charge >= 0.3 is 0 Å². The molecule has 8 heteroatoms. The van der Waals surface area contributed by atoms with Crippen LogP contribution in [0.4, 0.5) is 5.13 Å². The van der Waals surface area contributed by atoms with Gasteiger partial charge in [-0.15, -0.1) is 5.10 Å². The van der Waals surface area contributed by atoms with Gasteiger partial charge in [0.05, 0.1) is 0 Å². The second-order valence-corrected chi connectivity index (χ2v) is 7.85. The number of fused-ring (bicyclic) bond motifs is 1. The van der Waals surface area contributed by atoms with Crippen LogP contribution in [0.3, 0.4) is 0 Å². The molecule has 2 aromatic heterocycles. The standard InChI is InChI=1S/C19H21N5O2S/c1-13-6-5-9-23(12-13)19-22-24-17(26)15(11-21-18(24)27-19)16(25)20-10-14-7-3-2-4-8-14/h2-4,7-8,11,13H,5-6,9-10,12H2,1H3,(H,20,25)/t13-/m0/s1. The van der Waals surface area contributed by atoms with Gasteiger partial charge < -0.3 is 10.2 Å². The van der Waals surface area contributed by atoms with E-state index in [1.165, 1.54) is 28.5 Å². The van der Waals surface area contributed by atoms with Gasteiger partial charge in [-0.1, -0.05) is 48.6 Å². The summed E-state index contributed by atoms with van der Waals surface area (Å²) in [7, 11) is 0. The number of hydrogen-bond acceptors (Lipinski definition) is 6. The minimum atomic E-state index is -0.438. The predicted molar refractivity (Wildman–Crippen MR) is 105 cm³/mol. The zero-order chi connectivity index (χ0) is 18.8. The highest BCUT2D eigenvalue weighted by Gasteiger charge is 2.22. The molecule has 1 aliphatic heterocycles. The van der Waals surface area contributed by atoms with Crippen molar-refractivity contribution in [2.45, 2.75) is 26.3 Å². The Morgan fingerprint density at radius 1 is 1.33 bits per heavy atom. The lowest BCUT2D eigenvalue weighted by molar-refractivity contribution is 0.0948. The number of hydrogen-bond donors (Lipinski definition) is 1. The van der Waals surface area contributed by atoms with Crippen molar-refractivity contribution in [3.8, 4) is 0 Å². The van der Waals surface area contributed by atoms with Crippen molar-refractivity contribution in [1.29, 1.82) is 0 Å². The fourth-order valence-electron chi connectivity index (χ4n) is 3.30. The van der Waals surface area contributed by atoms with E-state index in [2.05, 4.69) is 27.2 Å². The van der Waals surface area contributed by atoms with E-state index in [1.54, 1.807) is 0 Å². The number of anilines is 1. The van der Waals surface area contributed by atoms with E-state index in [-0.39, 0.29) is 5.56 Å². The van der Waals surface area contributed by atoms with Gasteiger partial charge in [0, 0.05) is 25.8 Å². The number of nitrogens with zero attached hydrogens (tertiary/aromatic N) is 4. The van der Waals surface area contributed by atoms with Crippen LogP contribution in [0.25, 0.3) is 4.96 Å². The average molecular weight is 383 g/mol. The van der Waals surface area contributed by atoms with E-state index in [0.29, 0.717) is 17.4 Å². The first kappa shape index (κ1) is 17.7. The highest BCUT2D eigenvalue weighted by molar-refractivity contribution is 7.20. The monoisotopic (exact) mass is 383 g/mol. The Hall–Kier alpha value is -2.74. The van der Waals surface area contributed by atoms with Gasteiger partial charge in [-0.05, 0) is 24.3 Å². The van der Waals surface area contributed by atoms with Gasteiger partial charge in [-0.2, -0.15) is 4.52 Å². The molecule has 0 unspecified atom stereocenters. The van der Waals surface area contributed by atoms with Crippen LogP contribution < -0.4 is 15.8 Å². The number of carbonyl (C=O) groups excluding carboxylic acids is 1. The van der Waals surface area contributed by atoms with E-state index in [0.717, 1.165) is 30.2 Å². The van der Waals surface area contributed by atoms with Crippen LogP contribution in [0.15, 0.2) is 41.3 Å². The second-order valence-electron chi connectivity index (χ2n) is 6.92. The first-order chi connectivity index (χ1) is 13.1. The van der Waals surface area contributed by atoms with Gasteiger partial charge in [0.2, 0.25) is 10.1 Å². The summed E-state index contributed by atoms with van der Waals surface area (Å²) in [4.78, 5) is 32.2. The molecule has 1 aliphatic rings. The summed E-state index contributed by atoms with van der Waals surface area (Å²) in [6, 6.07) is 9.56. The largest absolute Gasteiger partial charge is 0.348 e. The Morgan fingerprint density at radius 2 is 2.15 bits per heavy atom. The second kappa shape index (κ2) is 7.48. The lowest BCUT2D eigenvalue weighted by Gasteiger charge is -2.30. The molecule has 7 nitrogen and oxygen atoms in total. The summed E-state index contributed by atoms with van der Waals surface area (Å²) in [6.07, 6.45) is 3.68. The molecule has 1 fully saturated rings. The number of carbonyl (C=O) groups is 1. The summed E-state index contributed by atoms with van der Waals surface area (Å²) in [5, 5.41) is 7.99. The Morgan fingerprint density at radius 3 is 2.93 bits per heavy atom. The van der Waals surface area contributed by atoms with Crippen molar-refractivity contribution in [3.05, 3.63) is 58.0 Å². The van der Waals surface area contributed by atoms with Gasteiger partial charge in [-0.3, -0.25) is 9.59 Å². The normalized spacial score (nSPS) is 17.2. The molecule has 0 radical (unpaired) electrons. The van der Waals surface area contributed by atoms with Gasteiger partial charge in [-0.25, -0.2) is 4.98 Å². The number of benzene rings is 1. The molecule has 140 valence electrons. The summed E-state index contributed by atoms with van der Waals surface area (Å²) in [6.45, 7) is 4.44. The van der Waals surface area contributed by atoms with Crippen LogP contribution >= 0.6 is 11.3 Å². The third-order valence-electron chi connectivity index (χ3n) is 4.74. The van der Waals surface area contributed by atoms with Crippen LogP contribution in [0, 0.1) is 5.92 Å². The minimum absolute atomic E-state index is 0.00675. The molecular weight excluding hydrogens is 362 g/mol. The molecule has 3 heterocycles. The fourth-order valence-corrected chi connectivity index (χ4v) is 4.19. The third kappa shape index (κ3) is 3.71. The van der Waals surface area contributed by atoms with Crippen LogP contribution in [0.5, 0.6) is 0 Å². The van der Waals surface area contributed by atoms with E-state index in [4.69, 9.17) is 0 Å².